The Kier molecular flexibility index (Phi) is 5.22. The predicted molar refractivity (Wildman–Crippen MR) is 108 cm³/mol. The molecule has 0 heterocycles. The van der Waals surface area contributed by atoms with Gasteiger partial charge in [0.25, 0.3) is 0 Å². The van der Waals surface area contributed by atoms with Gasteiger partial charge in [-0.25, -0.2) is 0 Å². The van der Waals surface area contributed by atoms with E-state index in [0.29, 0.717) is 35.5 Å². The monoisotopic (exact) mass is 378 g/mol. The van der Waals surface area contributed by atoms with Gasteiger partial charge in [-0.2, -0.15) is 0 Å². The highest BCUT2D eigenvalue weighted by atomic mass is 16.3. The maximum absolute atomic E-state index is 11.5. The molecule has 4 aliphatic rings. The van der Waals surface area contributed by atoms with Gasteiger partial charge in [-0.3, -0.25) is 0 Å². The molecule has 0 aromatic rings. The van der Waals surface area contributed by atoms with Crippen LogP contribution in [-0.4, -0.2) is 33.6 Å². The first-order valence-electron chi connectivity index (χ1n) is 11.8. The first kappa shape index (κ1) is 20.2. The molecule has 0 aliphatic heterocycles. The Bertz CT molecular complexity index is 550. The van der Waals surface area contributed by atoms with Crippen LogP contribution in [0.1, 0.15) is 85.5 Å². The standard InChI is InChI=1S/C24H42O3/c1-5-6-14(2)17-7-8-18-22-19(13-21(27)24(17,18)4)23(3)10-9-16(25)11-15(23)12-20(22)26/h14-22,25-27H,5-13H2,1-4H3/t14-,15-,16+,17-,18?,19?,20?,21?,22+,23?,24?/m1/s1. The zero-order valence-corrected chi connectivity index (χ0v) is 17.9. The van der Waals surface area contributed by atoms with Crippen LogP contribution in [0, 0.1) is 46.3 Å². The number of rotatable bonds is 3. The van der Waals surface area contributed by atoms with Crippen molar-refractivity contribution in [3.8, 4) is 0 Å². The van der Waals surface area contributed by atoms with Gasteiger partial charge in [0.2, 0.25) is 0 Å². The van der Waals surface area contributed by atoms with Gasteiger partial charge < -0.3 is 15.3 Å². The van der Waals surface area contributed by atoms with E-state index in [-0.39, 0.29) is 29.1 Å². The minimum absolute atomic E-state index is 0.0336. The third kappa shape index (κ3) is 2.86. The molecule has 11 atom stereocenters. The fraction of sp³-hybridized carbons (Fsp3) is 1.00. The average molecular weight is 379 g/mol. The van der Waals surface area contributed by atoms with Gasteiger partial charge in [0, 0.05) is 0 Å². The van der Waals surface area contributed by atoms with Crippen molar-refractivity contribution in [1.82, 2.24) is 0 Å². The smallest absolute Gasteiger partial charge is 0.0602 e. The Morgan fingerprint density at radius 3 is 2.41 bits per heavy atom. The van der Waals surface area contributed by atoms with Gasteiger partial charge in [-0.05, 0) is 91.3 Å². The molecule has 3 nitrogen and oxygen atoms in total. The molecule has 27 heavy (non-hydrogen) atoms. The molecule has 6 unspecified atom stereocenters. The van der Waals surface area contributed by atoms with Gasteiger partial charge in [-0.15, -0.1) is 0 Å². The van der Waals surface area contributed by atoms with Crippen molar-refractivity contribution in [1.29, 1.82) is 0 Å². The molecule has 0 aromatic heterocycles. The summed E-state index contributed by atoms with van der Waals surface area (Å²) in [4.78, 5) is 0. The van der Waals surface area contributed by atoms with Crippen molar-refractivity contribution in [2.75, 3.05) is 0 Å². The Labute approximate surface area is 165 Å². The van der Waals surface area contributed by atoms with Crippen LogP contribution < -0.4 is 0 Å². The molecule has 156 valence electrons. The molecule has 4 fully saturated rings. The fourth-order valence-electron chi connectivity index (χ4n) is 8.79. The SMILES string of the molecule is CCC[C@@H](C)[C@H]1CCC2[C@@H]3C(O)C[C@H]4C[C@@H](O)CCC4(C)C3CC(O)C21C. The lowest BCUT2D eigenvalue weighted by Gasteiger charge is -2.63. The van der Waals surface area contributed by atoms with Crippen LogP contribution >= 0.6 is 0 Å². The predicted octanol–water partition coefficient (Wildman–Crippen LogP) is 4.38. The molecule has 4 saturated carbocycles. The summed E-state index contributed by atoms with van der Waals surface area (Å²) in [6, 6.07) is 0. The highest BCUT2D eigenvalue weighted by Crippen LogP contribution is 2.68. The first-order valence-corrected chi connectivity index (χ1v) is 11.8. The molecule has 0 saturated heterocycles. The van der Waals surface area contributed by atoms with E-state index in [1.807, 2.05) is 0 Å². The van der Waals surface area contributed by atoms with Crippen LogP contribution in [0.3, 0.4) is 0 Å². The van der Waals surface area contributed by atoms with Crippen LogP contribution in [0.15, 0.2) is 0 Å². The number of fused-ring (bicyclic) bond motifs is 5. The Hall–Kier alpha value is -0.120. The van der Waals surface area contributed by atoms with Crippen molar-refractivity contribution < 1.29 is 15.3 Å². The molecular formula is C24H42O3. The molecule has 3 heteroatoms. The van der Waals surface area contributed by atoms with Gasteiger partial charge in [-0.1, -0.05) is 40.5 Å². The van der Waals surface area contributed by atoms with E-state index in [1.165, 1.54) is 25.7 Å². The zero-order valence-electron chi connectivity index (χ0n) is 17.9. The largest absolute Gasteiger partial charge is 0.393 e. The van der Waals surface area contributed by atoms with E-state index in [2.05, 4.69) is 27.7 Å². The first-order chi connectivity index (χ1) is 12.7. The van der Waals surface area contributed by atoms with Crippen LogP contribution in [0.25, 0.3) is 0 Å². The van der Waals surface area contributed by atoms with Crippen molar-refractivity contribution >= 4 is 0 Å². The lowest BCUT2D eigenvalue weighted by atomic mass is 9.43. The zero-order chi connectivity index (χ0) is 19.6. The number of hydrogen-bond donors (Lipinski definition) is 3. The van der Waals surface area contributed by atoms with E-state index >= 15 is 0 Å². The molecule has 0 bridgehead atoms. The molecule has 3 N–H and O–H groups in total. The highest BCUT2D eigenvalue weighted by Gasteiger charge is 2.65. The summed E-state index contributed by atoms with van der Waals surface area (Å²) in [6.45, 7) is 9.42. The van der Waals surface area contributed by atoms with E-state index in [1.54, 1.807) is 0 Å². The quantitative estimate of drug-likeness (QED) is 0.683. The lowest BCUT2D eigenvalue weighted by Crippen LogP contribution is -2.62. The minimum atomic E-state index is -0.254. The molecule has 0 spiro atoms. The summed E-state index contributed by atoms with van der Waals surface area (Å²) in [5, 5.41) is 32.9. The summed E-state index contributed by atoms with van der Waals surface area (Å²) in [5.41, 5.74) is 0.146. The number of aliphatic hydroxyl groups excluding tert-OH is 3. The van der Waals surface area contributed by atoms with Crippen LogP contribution in [-0.2, 0) is 0 Å². The van der Waals surface area contributed by atoms with Crippen LogP contribution in [0.2, 0.25) is 0 Å². The Morgan fingerprint density at radius 1 is 0.963 bits per heavy atom. The summed E-state index contributed by atoms with van der Waals surface area (Å²) in [5.74, 6) is 2.86. The van der Waals surface area contributed by atoms with E-state index in [4.69, 9.17) is 0 Å². The summed E-state index contributed by atoms with van der Waals surface area (Å²) in [6.07, 6.45) is 8.64. The summed E-state index contributed by atoms with van der Waals surface area (Å²) < 4.78 is 0. The maximum atomic E-state index is 11.5. The second-order valence-electron chi connectivity index (χ2n) is 11.3. The van der Waals surface area contributed by atoms with E-state index in [9.17, 15) is 15.3 Å². The van der Waals surface area contributed by atoms with Gasteiger partial charge in [0.1, 0.15) is 0 Å². The second-order valence-corrected chi connectivity index (χ2v) is 11.3. The molecule has 0 amide bonds. The van der Waals surface area contributed by atoms with Crippen molar-refractivity contribution in [3.05, 3.63) is 0 Å². The van der Waals surface area contributed by atoms with Gasteiger partial charge >= 0.3 is 0 Å². The van der Waals surface area contributed by atoms with Gasteiger partial charge in [0.15, 0.2) is 0 Å². The molecule has 0 aromatic carbocycles. The van der Waals surface area contributed by atoms with Gasteiger partial charge in [0.05, 0.1) is 18.3 Å². The number of hydrogen-bond acceptors (Lipinski definition) is 3. The third-order valence-electron chi connectivity index (χ3n) is 10.3. The number of aliphatic hydroxyl groups is 3. The third-order valence-corrected chi connectivity index (χ3v) is 10.3. The summed E-state index contributed by atoms with van der Waals surface area (Å²) >= 11 is 0. The minimum Gasteiger partial charge on any atom is -0.393 e. The molecule has 4 aliphatic carbocycles. The van der Waals surface area contributed by atoms with Crippen molar-refractivity contribution in [2.45, 2.75) is 104 Å². The van der Waals surface area contributed by atoms with E-state index in [0.717, 1.165) is 32.1 Å². The highest BCUT2D eigenvalue weighted by molar-refractivity contribution is 5.14. The van der Waals surface area contributed by atoms with Crippen molar-refractivity contribution in [2.24, 2.45) is 46.3 Å². The second kappa shape index (κ2) is 6.99. The van der Waals surface area contributed by atoms with E-state index < -0.39 is 0 Å². The average Bonchev–Trinajstić information content (AvgIpc) is 2.96. The molecule has 4 rings (SSSR count). The maximum Gasteiger partial charge on any atom is 0.0602 e. The normalized spacial score (nSPS) is 56.1. The molecule has 0 radical (unpaired) electrons. The van der Waals surface area contributed by atoms with Crippen LogP contribution in [0.4, 0.5) is 0 Å². The fourth-order valence-corrected chi connectivity index (χ4v) is 8.79. The molecular weight excluding hydrogens is 336 g/mol. The Morgan fingerprint density at radius 2 is 1.70 bits per heavy atom. The van der Waals surface area contributed by atoms with Crippen molar-refractivity contribution in [3.63, 3.8) is 0 Å². The Balaban J connectivity index is 1.66. The lowest BCUT2D eigenvalue weighted by molar-refractivity contribution is -0.207. The van der Waals surface area contributed by atoms with Crippen LogP contribution in [0.5, 0.6) is 0 Å². The topological polar surface area (TPSA) is 60.7 Å². The summed E-state index contributed by atoms with van der Waals surface area (Å²) in [7, 11) is 0.